The van der Waals surface area contributed by atoms with E-state index < -0.39 is 0 Å². The molecule has 2 aromatic rings. The van der Waals surface area contributed by atoms with Gasteiger partial charge in [-0.15, -0.1) is 0 Å². The molecule has 0 aromatic heterocycles. The van der Waals surface area contributed by atoms with Crippen LogP contribution in [0.15, 0.2) is 60.2 Å². The number of hydrogen-bond acceptors (Lipinski definition) is 1. The first-order chi connectivity index (χ1) is 12.5. The van der Waals surface area contributed by atoms with Gasteiger partial charge < -0.3 is 5.11 Å². The first-order valence-electron chi connectivity index (χ1n) is 9.57. The predicted molar refractivity (Wildman–Crippen MR) is 114 cm³/mol. The van der Waals surface area contributed by atoms with Gasteiger partial charge in [0, 0.05) is 6.61 Å². The standard InChI is InChI=1S/C25H32O/c1-6-18(2)19(3)9-12-22-13-10-21(5)25(16-22)24-14-11-20(4)23(17-24)8-7-15-26/h6,10-11,13-14,16-17,26H,3,7-9,12,15H2,1-2,4-5H3/b18-6+. The van der Waals surface area contributed by atoms with Crippen molar-refractivity contribution < 1.29 is 5.11 Å². The van der Waals surface area contributed by atoms with E-state index in [0.717, 1.165) is 25.7 Å². The molecular formula is C25H32O. The number of benzene rings is 2. The highest BCUT2D eigenvalue weighted by Crippen LogP contribution is 2.28. The van der Waals surface area contributed by atoms with Gasteiger partial charge in [-0.05, 0) is 86.8 Å². The molecule has 0 fully saturated rings. The third-order valence-corrected chi connectivity index (χ3v) is 5.27. The zero-order valence-electron chi connectivity index (χ0n) is 16.7. The summed E-state index contributed by atoms with van der Waals surface area (Å²) in [4.78, 5) is 0. The summed E-state index contributed by atoms with van der Waals surface area (Å²) < 4.78 is 0. The lowest BCUT2D eigenvalue weighted by atomic mass is 9.92. The summed E-state index contributed by atoms with van der Waals surface area (Å²) >= 11 is 0. The maximum Gasteiger partial charge on any atom is 0.0434 e. The summed E-state index contributed by atoms with van der Waals surface area (Å²) in [7, 11) is 0. The monoisotopic (exact) mass is 348 g/mol. The molecule has 0 aliphatic heterocycles. The van der Waals surface area contributed by atoms with Crippen molar-refractivity contribution in [2.24, 2.45) is 0 Å². The van der Waals surface area contributed by atoms with Crippen LogP contribution in [-0.2, 0) is 12.8 Å². The molecule has 1 heteroatoms. The average molecular weight is 349 g/mol. The highest BCUT2D eigenvalue weighted by atomic mass is 16.2. The van der Waals surface area contributed by atoms with E-state index in [4.69, 9.17) is 5.11 Å². The van der Waals surface area contributed by atoms with Crippen molar-refractivity contribution in [3.63, 3.8) is 0 Å². The zero-order valence-corrected chi connectivity index (χ0v) is 16.7. The molecule has 0 aliphatic carbocycles. The molecule has 0 amide bonds. The van der Waals surface area contributed by atoms with Crippen LogP contribution >= 0.6 is 0 Å². The minimum Gasteiger partial charge on any atom is -0.396 e. The summed E-state index contributed by atoms with van der Waals surface area (Å²) in [5, 5.41) is 9.13. The minimum atomic E-state index is 0.244. The number of aliphatic hydroxyl groups excluding tert-OH is 1. The summed E-state index contributed by atoms with van der Waals surface area (Å²) in [6.45, 7) is 13.0. The average Bonchev–Trinajstić information content (AvgIpc) is 2.65. The van der Waals surface area contributed by atoms with Gasteiger partial charge in [-0.1, -0.05) is 60.2 Å². The number of allylic oxidation sites excluding steroid dienone is 3. The summed E-state index contributed by atoms with van der Waals surface area (Å²) in [6, 6.07) is 13.5. The highest BCUT2D eigenvalue weighted by molar-refractivity contribution is 5.69. The third-order valence-electron chi connectivity index (χ3n) is 5.27. The van der Waals surface area contributed by atoms with Crippen LogP contribution in [0.5, 0.6) is 0 Å². The molecule has 2 rings (SSSR count). The smallest absolute Gasteiger partial charge is 0.0434 e. The lowest BCUT2D eigenvalue weighted by Gasteiger charge is -2.13. The molecule has 0 aliphatic rings. The van der Waals surface area contributed by atoms with Crippen molar-refractivity contribution in [2.75, 3.05) is 6.61 Å². The number of aliphatic hydroxyl groups is 1. The number of rotatable bonds is 8. The molecule has 0 atom stereocenters. The van der Waals surface area contributed by atoms with Crippen LogP contribution in [0.3, 0.4) is 0 Å². The Bertz CT molecular complexity index is 796. The van der Waals surface area contributed by atoms with E-state index in [9.17, 15) is 0 Å². The van der Waals surface area contributed by atoms with Crippen molar-refractivity contribution in [1.82, 2.24) is 0 Å². The Morgan fingerprint density at radius 2 is 1.77 bits per heavy atom. The minimum absolute atomic E-state index is 0.244. The van der Waals surface area contributed by atoms with E-state index in [1.54, 1.807) is 0 Å². The van der Waals surface area contributed by atoms with Crippen LogP contribution in [0.2, 0.25) is 0 Å². The molecule has 1 N–H and O–H groups in total. The maximum atomic E-state index is 9.13. The van der Waals surface area contributed by atoms with E-state index in [0.29, 0.717) is 0 Å². The van der Waals surface area contributed by atoms with Crippen molar-refractivity contribution in [2.45, 2.75) is 53.4 Å². The molecule has 26 heavy (non-hydrogen) atoms. The summed E-state index contributed by atoms with van der Waals surface area (Å²) in [6.07, 6.45) is 5.88. The second-order valence-electron chi connectivity index (χ2n) is 7.19. The van der Waals surface area contributed by atoms with Gasteiger partial charge in [0.25, 0.3) is 0 Å². The molecule has 2 aromatic carbocycles. The number of aryl methyl sites for hydroxylation is 4. The fourth-order valence-corrected chi connectivity index (χ4v) is 3.21. The van der Waals surface area contributed by atoms with E-state index in [-0.39, 0.29) is 6.61 Å². The molecule has 0 spiro atoms. The molecule has 0 bridgehead atoms. The van der Waals surface area contributed by atoms with Crippen molar-refractivity contribution in [3.05, 3.63) is 82.5 Å². The topological polar surface area (TPSA) is 20.2 Å². The Labute approximate surface area is 159 Å². The highest BCUT2D eigenvalue weighted by Gasteiger charge is 2.07. The molecule has 0 unspecified atom stereocenters. The first-order valence-corrected chi connectivity index (χ1v) is 9.57. The zero-order chi connectivity index (χ0) is 19.1. The van der Waals surface area contributed by atoms with E-state index in [2.05, 4.69) is 76.7 Å². The molecule has 138 valence electrons. The Hall–Kier alpha value is -2.12. The van der Waals surface area contributed by atoms with Gasteiger partial charge in [-0.25, -0.2) is 0 Å². The van der Waals surface area contributed by atoms with Gasteiger partial charge in [0.1, 0.15) is 0 Å². The number of hydrogen-bond donors (Lipinski definition) is 1. The fraction of sp³-hybridized carbons (Fsp3) is 0.360. The second-order valence-corrected chi connectivity index (χ2v) is 7.19. The van der Waals surface area contributed by atoms with Crippen molar-refractivity contribution in [3.8, 4) is 11.1 Å². The lowest BCUT2D eigenvalue weighted by Crippen LogP contribution is -1.95. The Morgan fingerprint density at radius 3 is 2.46 bits per heavy atom. The van der Waals surface area contributed by atoms with Crippen molar-refractivity contribution in [1.29, 1.82) is 0 Å². The molecule has 0 heterocycles. The second kappa shape index (κ2) is 9.54. The van der Waals surface area contributed by atoms with Crippen LogP contribution in [-0.4, -0.2) is 11.7 Å². The molecule has 0 radical (unpaired) electrons. The molecular weight excluding hydrogens is 316 g/mol. The largest absolute Gasteiger partial charge is 0.396 e. The van der Waals surface area contributed by atoms with Crippen LogP contribution < -0.4 is 0 Å². The first kappa shape index (κ1) is 20.2. The van der Waals surface area contributed by atoms with E-state index in [1.165, 1.54) is 44.5 Å². The Balaban J connectivity index is 2.25. The van der Waals surface area contributed by atoms with Crippen LogP contribution in [0, 0.1) is 13.8 Å². The van der Waals surface area contributed by atoms with Gasteiger partial charge in [0.05, 0.1) is 0 Å². The van der Waals surface area contributed by atoms with Gasteiger partial charge in [-0.2, -0.15) is 0 Å². The molecule has 0 saturated heterocycles. The van der Waals surface area contributed by atoms with E-state index in [1.807, 2.05) is 0 Å². The molecule has 0 saturated carbocycles. The Kier molecular flexibility index (Phi) is 7.41. The SMILES string of the molecule is C=C(CCc1ccc(C)c(-c2ccc(C)c(CCCO)c2)c1)/C(C)=C/C. The van der Waals surface area contributed by atoms with Crippen molar-refractivity contribution >= 4 is 0 Å². The quantitative estimate of drug-likeness (QED) is 0.551. The lowest BCUT2D eigenvalue weighted by molar-refractivity contribution is 0.288. The third kappa shape index (κ3) is 5.19. The van der Waals surface area contributed by atoms with Gasteiger partial charge >= 0.3 is 0 Å². The van der Waals surface area contributed by atoms with Gasteiger partial charge in [-0.3, -0.25) is 0 Å². The summed E-state index contributed by atoms with van der Waals surface area (Å²) in [5.74, 6) is 0. The summed E-state index contributed by atoms with van der Waals surface area (Å²) in [5.41, 5.74) is 10.4. The maximum absolute atomic E-state index is 9.13. The van der Waals surface area contributed by atoms with E-state index >= 15 is 0 Å². The van der Waals surface area contributed by atoms with Crippen LogP contribution in [0.4, 0.5) is 0 Å². The normalized spacial score (nSPS) is 11.7. The van der Waals surface area contributed by atoms with Gasteiger partial charge in [0.15, 0.2) is 0 Å². The van der Waals surface area contributed by atoms with Crippen LogP contribution in [0.1, 0.15) is 48.9 Å². The predicted octanol–water partition coefficient (Wildman–Crippen LogP) is 6.35. The Morgan fingerprint density at radius 1 is 1.04 bits per heavy atom. The fourth-order valence-electron chi connectivity index (χ4n) is 3.21. The van der Waals surface area contributed by atoms with Gasteiger partial charge in [0.2, 0.25) is 0 Å². The van der Waals surface area contributed by atoms with Crippen LogP contribution in [0.25, 0.3) is 11.1 Å². The molecule has 1 nitrogen and oxygen atoms in total.